The van der Waals surface area contributed by atoms with Crippen molar-refractivity contribution in [3.63, 3.8) is 0 Å². The number of sulfone groups is 1. The average Bonchev–Trinajstić information content (AvgIpc) is 2.99. The summed E-state index contributed by atoms with van der Waals surface area (Å²) in [4.78, 5) is 0.190. The summed E-state index contributed by atoms with van der Waals surface area (Å²) in [7, 11) is -3.33. The molecule has 0 amide bonds. The van der Waals surface area contributed by atoms with E-state index in [4.69, 9.17) is 10.5 Å². The summed E-state index contributed by atoms with van der Waals surface area (Å²) < 4.78 is 34.5. The van der Waals surface area contributed by atoms with Crippen molar-refractivity contribution < 1.29 is 13.2 Å². The van der Waals surface area contributed by atoms with Gasteiger partial charge in [-0.25, -0.2) is 8.42 Å². The third-order valence-electron chi connectivity index (χ3n) is 3.80. The molecule has 2 unspecified atom stereocenters. The lowest BCUT2D eigenvalue weighted by atomic mass is 10.1. The highest BCUT2D eigenvalue weighted by molar-refractivity contribution is 7.92. The Bertz CT molecular complexity index is 589. The largest absolute Gasteiger partial charge is 0.382 e. The van der Waals surface area contributed by atoms with Crippen molar-refractivity contribution in [1.82, 2.24) is 4.37 Å². The quantitative estimate of drug-likeness (QED) is 0.857. The summed E-state index contributed by atoms with van der Waals surface area (Å²) in [6, 6.07) is 0.0468. The zero-order valence-electron chi connectivity index (χ0n) is 11.3. The second kappa shape index (κ2) is 5.16. The number of nitrogens with two attached hydrogens (primary N) is 1. The van der Waals surface area contributed by atoms with Crippen LogP contribution in [-0.4, -0.2) is 36.8 Å². The van der Waals surface area contributed by atoms with Crippen molar-refractivity contribution in [3.05, 3.63) is 0 Å². The van der Waals surface area contributed by atoms with E-state index >= 15 is 0 Å². The molecule has 2 atom stereocenters. The molecule has 8 heteroatoms. The Hall–Kier alpha value is -0.860. The molecule has 0 aromatic carbocycles. The molecule has 1 saturated heterocycles. The molecule has 1 aliphatic carbocycles. The Kier molecular flexibility index (Phi) is 3.64. The topological polar surface area (TPSA) is 94.3 Å². The van der Waals surface area contributed by atoms with Crippen molar-refractivity contribution in [2.24, 2.45) is 0 Å². The monoisotopic (exact) mass is 317 g/mol. The second-order valence-corrected chi connectivity index (χ2v) is 8.39. The molecule has 112 valence electrons. The summed E-state index contributed by atoms with van der Waals surface area (Å²) in [5.41, 5.74) is 5.77. The highest BCUT2D eigenvalue weighted by Crippen LogP contribution is 2.41. The van der Waals surface area contributed by atoms with E-state index in [1.54, 1.807) is 0 Å². The van der Waals surface area contributed by atoms with Crippen LogP contribution in [0, 0.1) is 0 Å². The highest BCUT2D eigenvalue weighted by atomic mass is 32.2. The third kappa shape index (κ3) is 2.51. The minimum absolute atomic E-state index is 0.0468. The molecular formula is C12H19N3O3S2. The fraction of sp³-hybridized carbons (Fsp3) is 0.750. The normalized spacial score (nSPS) is 24.8. The van der Waals surface area contributed by atoms with Crippen molar-refractivity contribution >= 4 is 32.2 Å². The molecule has 0 spiro atoms. The van der Waals surface area contributed by atoms with E-state index in [1.807, 2.05) is 6.92 Å². The van der Waals surface area contributed by atoms with Crippen LogP contribution >= 0.6 is 11.5 Å². The number of anilines is 2. The summed E-state index contributed by atoms with van der Waals surface area (Å²) in [6.07, 6.45) is 3.60. The highest BCUT2D eigenvalue weighted by Gasteiger charge is 2.41. The zero-order chi connectivity index (χ0) is 14.3. The van der Waals surface area contributed by atoms with Crippen LogP contribution in [-0.2, 0) is 14.6 Å². The number of nitrogens with zero attached hydrogens (tertiary/aromatic N) is 1. The van der Waals surface area contributed by atoms with E-state index < -0.39 is 9.84 Å². The average molecular weight is 317 g/mol. The zero-order valence-corrected chi connectivity index (χ0v) is 13.0. The van der Waals surface area contributed by atoms with E-state index in [-0.39, 0.29) is 28.1 Å². The molecule has 0 radical (unpaired) electrons. The maximum atomic E-state index is 12.4. The molecule has 2 fully saturated rings. The van der Waals surface area contributed by atoms with Crippen molar-refractivity contribution in [3.8, 4) is 0 Å². The van der Waals surface area contributed by atoms with Crippen LogP contribution in [0.3, 0.4) is 0 Å². The smallest absolute Gasteiger partial charge is 0.187 e. The summed E-state index contributed by atoms with van der Waals surface area (Å²) in [5, 5.41) is 3.51. The number of hydrogen-bond donors (Lipinski definition) is 2. The van der Waals surface area contributed by atoms with Crippen LogP contribution in [0.25, 0.3) is 0 Å². The minimum Gasteiger partial charge on any atom is -0.382 e. The van der Waals surface area contributed by atoms with Crippen molar-refractivity contribution in [2.75, 3.05) is 17.7 Å². The SMILES string of the molecule is CC(Nc1snc(N)c1S(=O)(=O)C1CC1)C1CCCO1. The first kappa shape index (κ1) is 14.1. The Morgan fingerprint density at radius 3 is 2.80 bits per heavy atom. The molecule has 2 aliphatic rings. The molecule has 6 nitrogen and oxygen atoms in total. The molecule has 1 aliphatic heterocycles. The lowest BCUT2D eigenvalue weighted by Crippen LogP contribution is -2.30. The number of hydrogen-bond acceptors (Lipinski definition) is 7. The molecule has 20 heavy (non-hydrogen) atoms. The Morgan fingerprint density at radius 2 is 2.20 bits per heavy atom. The van der Waals surface area contributed by atoms with E-state index in [0.29, 0.717) is 5.00 Å². The molecule has 1 aromatic heterocycles. The van der Waals surface area contributed by atoms with Gasteiger partial charge in [-0.2, -0.15) is 4.37 Å². The Morgan fingerprint density at radius 1 is 1.45 bits per heavy atom. The fourth-order valence-corrected chi connectivity index (χ4v) is 5.47. The van der Waals surface area contributed by atoms with Gasteiger partial charge < -0.3 is 15.8 Å². The predicted octanol–water partition coefficient (Wildman–Crippen LogP) is 1.64. The van der Waals surface area contributed by atoms with Gasteiger partial charge in [-0.3, -0.25) is 0 Å². The van der Waals surface area contributed by atoms with E-state index in [1.165, 1.54) is 0 Å². The number of aromatic nitrogens is 1. The second-order valence-electron chi connectivity index (χ2n) is 5.45. The van der Waals surface area contributed by atoms with Crippen molar-refractivity contribution in [1.29, 1.82) is 0 Å². The van der Waals surface area contributed by atoms with E-state index in [0.717, 1.165) is 43.8 Å². The maximum absolute atomic E-state index is 12.4. The molecule has 1 saturated carbocycles. The number of rotatable bonds is 5. The Labute approximate surface area is 122 Å². The van der Waals surface area contributed by atoms with Crippen LogP contribution in [0.1, 0.15) is 32.6 Å². The lowest BCUT2D eigenvalue weighted by Gasteiger charge is -2.20. The van der Waals surface area contributed by atoms with Crippen LogP contribution in [0.4, 0.5) is 10.8 Å². The number of nitrogens with one attached hydrogen (secondary N) is 1. The molecular weight excluding hydrogens is 298 g/mol. The summed E-state index contributed by atoms with van der Waals surface area (Å²) in [6.45, 7) is 2.77. The van der Waals surface area contributed by atoms with Gasteiger partial charge in [-0.15, -0.1) is 0 Å². The fourth-order valence-electron chi connectivity index (χ4n) is 2.50. The van der Waals surface area contributed by atoms with Crippen LogP contribution < -0.4 is 11.1 Å². The maximum Gasteiger partial charge on any atom is 0.187 e. The summed E-state index contributed by atoms with van der Waals surface area (Å²) >= 11 is 1.11. The first-order valence-electron chi connectivity index (χ1n) is 6.87. The Balaban J connectivity index is 1.83. The van der Waals surface area contributed by atoms with Gasteiger partial charge in [0.2, 0.25) is 0 Å². The molecule has 1 aromatic rings. The lowest BCUT2D eigenvalue weighted by molar-refractivity contribution is 0.0997. The molecule has 3 rings (SSSR count). The first-order valence-corrected chi connectivity index (χ1v) is 9.19. The van der Waals surface area contributed by atoms with Crippen molar-refractivity contribution in [2.45, 2.75) is 54.9 Å². The molecule has 3 N–H and O–H groups in total. The number of ether oxygens (including phenoxy) is 1. The van der Waals surface area contributed by atoms with Gasteiger partial charge in [-0.05, 0) is 44.1 Å². The molecule has 2 heterocycles. The van der Waals surface area contributed by atoms with Gasteiger partial charge in [0.25, 0.3) is 0 Å². The van der Waals surface area contributed by atoms with E-state index in [2.05, 4.69) is 9.69 Å². The third-order valence-corrected chi connectivity index (χ3v) is 7.06. The summed E-state index contributed by atoms with van der Waals surface area (Å²) in [5.74, 6) is 0.115. The van der Waals surface area contributed by atoms with Gasteiger partial charge >= 0.3 is 0 Å². The van der Waals surface area contributed by atoms with Crippen LogP contribution in [0.5, 0.6) is 0 Å². The van der Waals surface area contributed by atoms with Gasteiger partial charge in [0, 0.05) is 6.61 Å². The van der Waals surface area contributed by atoms with Crippen LogP contribution in [0.2, 0.25) is 0 Å². The van der Waals surface area contributed by atoms with E-state index in [9.17, 15) is 8.42 Å². The van der Waals surface area contributed by atoms with Gasteiger partial charge in [0.1, 0.15) is 9.90 Å². The standard InChI is InChI=1S/C12H19N3O3S2/c1-7(9-3-2-6-18-9)14-12-10(11(13)15-19-12)20(16,17)8-4-5-8/h7-9,14H,2-6H2,1H3,(H2,13,15). The van der Waals surface area contributed by atoms with Gasteiger partial charge in [0.15, 0.2) is 15.7 Å². The molecule has 0 bridgehead atoms. The first-order chi connectivity index (χ1) is 9.50. The minimum atomic E-state index is -3.33. The van der Waals surface area contributed by atoms with Gasteiger partial charge in [-0.1, -0.05) is 0 Å². The number of nitrogen functional groups attached to an aromatic ring is 1. The van der Waals surface area contributed by atoms with Gasteiger partial charge in [0.05, 0.1) is 17.4 Å². The predicted molar refractivity (Wildman–Crippen MR) is 78.8 cm³/mol. The van der Waals surface area contributed by atoms with Crippen LogP contribution in [0.15, 0.2) is 4.90 Å².